The quantitative estimate of drug-likeness (QED) is 0.560. The van der Waals surface area contributed by atoms with Crippen molar-refractivity contribution in [2.75, 3.05) is 14.2 Å². The Kier molecular flexibility index (Phi) is 5.96. The zero-order valence-electron chi connectivity index (χ0n) is 17.1. The standard InChI is InChI=1S/C21H25N3O3S/c1-12(19-14(3)28-15(4)22-19)24(5)11-18-13(2)27-20(23-18)16-7-9-17(10-8-16)21(25)26-6/h7-10,12H,11H2,1-6H3. The molecule has 7 heteroatoms. The number of carbonyl (C=O) groups is 1. The summed E-state index contributed by atoms with van der Waals surface area (Å²) in [6.45, 7) is 8.89. The van der Waals surface area contributed by atoms with E-state index >= 15 is 0 Å². The second kappa shape index (κ2) is 8.24. The van der Waals surface area contributed by atoms with E-state index in [1.165, 1.54) is 12.0 Å². The Hall–Kier alpha value is -2.51. The molecule has 2 heterocycles. The van der Waals surface area contributed by atoms with Crippen LogP contribution in [0.1, 0.15) is 50.4 Å². The zero-order valence-corrected chi connectivity index (χ0v) is 17.9. The van der Waals surface area contributed by atoms with E-state index in [-0.39, 0.29) is 12.0 Å². The molecule has 148 valence electrons. The number of thiazole rings is 1. The molecule has 0 N–H and O–H groups in total. The van der Waals surface area contributed by atoms with Crippen LogP contribution in [0.15, 0.2) is 28.7 Å². The fourth-order valence-corrected chi connectivity index (χ4v) is 3.99. The van der Waals surface area contributed by atoms with Crippen molar-refractivity contribution in [1.82, 2.24) is 14.9 Å². The van der Waals surface area contributed by atoms with Crippen LogP contribution in [0.5, 0.6) is 0 Å². The molecule has 0 radical (unpaired) electrons. The molecule has 0 aliphatic carbocycles. The van der Waals surface area contributed by atoms with E-state index in [1.807, 2.05) is 26.0 Å². The Labute approximate surface area is 169 Å². The summed E-state index contributed by atoms with van der Waals surface area (Å²) >= 11 is 1.73. The lowest BCUT2D eigenvalue weighted by atomic mass is 10.1. The van der Waals surface area contributed by atoms with Gasteiger partial charge in [-0.1, -0.05) is 0 Å². The third-order valence-corrected chi connectivity index (χ3v) is 5.74. The highest BCUT2D eigenvalue weighted by atomic mass is 32.1. The predicted molar refractivity (Wildman–Crippen MR) is 109 cm³/mol. The Bertz CT molecular complexity index is 975. The summed E-state index contributed by atoms with van der Waals surface area (Å²) in [6.07, 6.45) is 0. The van der Waals surface area contributed by atoms with Gasteiger partial charge in [0.05, 0.1) is 35.1 Å². The highest BCUT2D eigenvalue weighted by Crippen LogP contribution is 2.28. The van der Waals surface area contributed by atoms with Gasteiger partial charge in [-0.2, -0.15) is 0 Å². The number of ether oxygens (including phenoxy) is 1. The molecular weight excluding hydrogens is 374 g/mol. The van der Waals surface area contributed by atoms with Gasteiger partial charge in [0.25, 0.3) is 0 Å². The minimum absolute atomic E-state index is 0.184. The van der Waals surface area contributed by atoms with Crippen molar-refractivity contribution in [3.63, 3.8) is 0 Å². The largest absolute Gasteiger partial charge is 0.465 e. The smallest absolute Gasteiger partial charge is 0.337 e. The molecule has 0 aliphatic rings. The Morgan fingerprint density at radius 2 is 1.89 bits per heavy atom. The molecule has 1 aromatic carbocycles. The van der Waals surface area contributed by atoms with Crippen LogP contribution in [-0.4, -0.2) is 35.0 Å². The van der Waals surface area contributed by atoms with E-state index in [1.54, 1.807) is 23.5 Å². The van der Waals surface area contributed by atoms with Crippen LogP contribution < -0.4 is 0 Å². The van der Waals surface area contributed by atoms with Crippen molar-refractivity contribution in [3.05, 3.63) is 56.9 Å². The minimum atomic E-state index is -0.362. The molecule has 6 nitrogen and oxygen atoms in total. The minimum Gasteiger partial charge on any atom is -0.465 e. The van der Waals surface area contributed by atoms with Gasteiger partial charge in [-0.25, -0.2) is 14.8 Å². The molecule has 1 unspecified atom stereocenters. The van der Waals surface area contributed by atoms with Gasteiger partial charge in [-0.3, -0.25) is 4.90 Å². The average Bonchev–Trinajstić information content (AvgIpc) is 3.22. The van der Waals surface area contributed by atoms with Crippen LogP contribution >= 0.6 is 11.3 Å². The Balaban J connectivity index is 1.76. The third kappa shape index (κ3) is 4.15. The van der Waals surface area contributed by atoms with Crippen LogP contribution in [0, 0.1) is 20.8 Å². The molecule has 3 aromatic rings. The van der Waals surface area contributed by atoms with Gasteiger partial charge in [-0.15, -0.1) is 11.3 Å². The molecule has 0 amide bonds. The zero-order chi connectivity index (χ0) is 20.4. The number of carbonyl (C=O) groups excluding carboxylic acids is 1. The topological polar surface area (TPSA) is 68.5 Å². The third-order valence-electron chi connectivity index (χ3n) is 4.84. The number of hydrogen-bond donors (Lipinski definition) is 0. The number of hydrogen-bond acceptors (Lipinski definition) is 7. The van der Waals surface area contributed by atoms with Gasteiger partial charge >= 0.3 is 5.97 Å². The number of nitrogens with zero attached hydrogens (tertiary/aromatic N) is 3. The molecule has 0 saturated heterocycles. The van der Waals surface area contributed by atoms with E-state index in [0.29, 0.717) is 18.0 Å². The van der Waals surface area contributed by atoms with Gasteiger partial charge < -0.3 is 9.15 Å². The summed E-state index contributed by atoms with van der Waals surface area (Å²) in [4.78, 5) is 24.4. The second-order valence-electron chi connectivity index (χ2n) is 6.86. The molecule has 28 heavy (non-hydrogen) atoms. The fourth-order valence-electron chi connectivity index (χ4n) is 3.08. The van der Waals surface area contributed by atoms with Gasteiger partial charge in [0.2, 0.25) is 5.89 Å². The van der Waals surface area contributed by atoms with Crippen LogP contribution in [-0.2, 0) is 11.3 Å². The summed E-state index contributed by atoms with van der Waals surface area (Å²) in [5, 5.41) is 1.09. The lowest BCUT2D eigenvalue weighted by Crippen LogP contribution is -2.23. The van der Waals surface area contributed by atoms with E-state index in [4.69, 9.17) is 9.15 Å². The highest BCUT2D eigenvalue weighted by molar-refractivity contribution is 7.11. The van der Waals surface area contributed by atoms with Gasteiger partial charge in [0, 0.05) is 17.0 Å². The number of aromatic nitrogens is 2. The summed E-state index contributed by atoms with van der Waals surface area (Å²) in [7, 11) is 3.43. The van der Waals surface area contributed by atoms with Crippen LogP contribution in [0.2, 0.25) is 0 Å². The van der Waals surface area contributed by atoms with Crippen LogP contribution in [0.25, 0.3) is 11.5 Å². The number of rotatable bonds is 6. The number of methoxy groups -OCH3 is 1. The highest BCUT2D eigenvalue weighted by Gasteiger charge is 2.20. The van der Waals surface area contributed by atoms with Crippen molar-refractivity contribution in [3.8, 4) is 11.5 Å². The van der Waals surface area contributed by atoms with Crippen molar-refractivity contribution < 1.29 is 13.9 Å². The molecule has 3 rings (SSSR count). The molecule has 1 atom stereocenters. The first-order valence-electron chi connectivity index (χ1n) is 9.09. The molecular formula is C21H25N3O3S. The summed E-state index contributed by atoms with van der Waals surface area (Å²) in [5.41, 5.74) is 3.33. The van der Waals surface area contributed by atoms with Crippen LogP contribution in [0.4, 0.5) is 0 Å². The summed E-state index contributed by atoms with van der Waals surface area (Å²) < 4.78 is 10.6. The number of esters is 1. The predicted octanol–water partition coefficient (Wildman–Crippen LogP) is 4.70. The maximum Gasteiger partial charge on any atom is 0.337 e. The lowest BCUT2D eigenvalue weighted by molar-refractivity contribution is 0.0600. The monoisotopic (exact) mass is 399 g/mol. The first-order valence-corrected chi connectivity index (χ1v) is 9.91. The normalized spacial score (nSPS) is 12.4. The van der Waals surface area contributed by atoms with Gasteiger partial charge in [0.1, 0.15) is 5.76 Å². The lowest BCUT2D eigenvalue weighted by Gasteiger charge is -2.23. The van der Waals surface area contributed by atoms with Crippen LogP contribution in [0.3, 0.4) is 0 Å². The van der Waals surface area contributed by atoms with E-state index in [9.17, 15) is 4.79 Å². The maximum absolute atomic E-state index is 11.6. The average molecular weight is 400 g/mol. The van der Waals surface area contributed by atoms with Gasteiger partial charge in [-0.05, 0) is 59.0 Å². The molecule has 0 bridgehead atoms. The molecule has 0 saturated carbocycles. The second-order valence-corrected chi connectivity index (χ2v) is 8.26. The van der Waals surface area contributed by atoms with Crippen molar-refractivity contribution in [1.29, 1.82) is 0 Å². The Morgan fingerprint density at radius 1 is 1.21 bits per heavy atom. The number of aryl methyl sites for hydroxylation is 3. The van der Waals surface area contributed by atoms with Crippen molar-refractivity contribution >= 4 is 17.3 Å². The molecule has 0 aliphatic heterocycles. The fraction of sp³-hybridized carbons (Fsp3) is 0.381. The van der Waals surface area contributed by atoms with E-state index in [2.05, 4.69) is 35.8 Å². The van der Waals surface area contributed by atoms with Crippen molar-refractivity contribution in [2.45, 2.75) is 40.3 Å². The Morgan fingerprint density at radius 3 is 2.46 bits per heavy atom. The number of oxazole rings is 1. The first kappa shape index (κ1) is 20.2. The summed E-state index contributed by atoms with van der Waals surface area (Å²) in [6, 6.07) is 7.23. The van der Waals surface area contributed by atoms with E-state index in [0.717, 1.165) is 27.7 Å². The molecule has 0 fully saturated rings. The summed E-state index contributed by atoms with van der Waals surface area (Å²) in [5.74, 6) is 0.974. The van der Waals surface area contributed by atoms with Crippen molar-refractivity contribution in [2.24, 2.45) is 0 Å². The van der Waals surface area contributed by atoms with Gasteiger partial charge in [0.15, 0.2) is 0 Å². The number of benzene rings is 1. The van der Waals surface area contributed by atoms with E-state index < -0.39 is 0 Å². The molecule has 0 spiro atoms. The SMILES string of the molecule is COC(=O)c1ccc(-c2nc(CN(C)C(C)c3nc(C)sc3C)c(C)o2)cc1. The maximum atomic E-state index is 11.6. The first-order chi connectivity index (χ1) is 13.3. The molecule has 2 aromatic heterocycles.